The van der Waals surface area contributed by atoms with Gasteiger partial charge in [-0.05, 0) is 64.1 Å². The number of carbonyl (C=O) groups excluding carboxylic acids is 3. The highest BCUT2D eigenvalue weighted by atomic mass is 19.2. The number of hydrogen-bond acceptors (Lipinski definition) is 5. The van der Waals surface area contributed by atoms with E-state index in [4.69, 9.17) is 9.47 Å². The number of rotatable bonds is 5. The van der Waals surface area contributed by atoms with Crippen molar-refractivity contribution in [2.24, 2.45) is 0 Å². The van der Waals surface area contributed by atoms with E-state index in [1.165, 1.54) is 37.3 Å². The molecular weight excluding hydrogens is 398 g/mol. The van der Waals surface area contributed by atoms with Gasteiger partial charge in [0, 0.05) is 17.4 Å². The summed E-state index contributed by atoms with van der Waals surface area (Å²) in [5.41, 5.74) is -0.0639. The van der Waals surface area contributed by atoms with Crippen molar-refractivity contribution in [3.63, 3.8) is 0 Å². The fourth-order valence-electron chi connectivity index (χ4n) is 2.21. The minimum atomic E-state index is -1.19. The molecule has 0 aromatic heterocycles. The van der Waals surface area contributed by atoms with Gasteiger partial charge < -0.3 is 14.8 Å². The zero-order valence-corrected chi connectivity index (χ0v) is 16.9. The maximum Gasteiger partial charge on any atom is 0.412 e. The second kappa shape index (κ2) is 9.34. The van der Waals surface area contributed by atoms with Crippen LogP contribution < -0.4 is 10.6 Å². The Hall–Kier alpha value is -3.49. The molecule has 0 saturated heterocycles. The molecule has 0 heterocycles. The highest BCUT2D eigenvalue weighted by Crippen LogP contribution is 2.16. The van der Waals surface area contributed by atoms with Crippen molar-refractivity contribution in [1.82, 2.24) is 0 Å². The maximum atomic E-state index is 13.2. The Morgan fingerprint density at radius 1 is 0.900 bits per heavy atom. The van der Waals surface area contributed by atoms with E-state index >= 15 is 0 Å². The first-order chi connectivity index (χ1) is 13.9. The summed E-state index contributed by atoms with van der Waals surface area (Å²) in [6.45, 7) is 6.53. The molecule has 0 spiro atoms. The monoisotopic (exact) mass is 420 g/mol. The zero-order chi connectivity index (χ0) is 22.5. The Morgan fingerprint density at radius 2 is 1.50 bits per heavy atom. The minimum Gasteiger partial charge on any atom is -0.449 e. The lowest BCUT2D eigenvalue weighted by Crippen LogP contribution is -2.30. The van der Waals surface area contributed by atoms with E-state index < -0.39 is 41.3 Å². The summed E-state index contributed by atoms with van der Waals surface area (Å²) in [5.74, 6) is -3.64. The van der Waals surface area contributed by atoms with Gasteiger partial charge in [-0.15, -0.1) is 0 Å². The minimum absolute atomic E-state index is 0.0272. The van der Waals surface area contributed by atoms with E-state index in [0.29, 0.717) is 5.69 Å². The van der Waals surface area contributed by atoms with E-state index in [1.807, 2.05) is 0 Å². The molecule has 30 heavy (non-hydrogen) atoms. The predicted molar refractivity (Wildman–Crippen MR) is 106 cm³/mol. The molecule has 1 atom stereocenters. The molecule has 2 N–H and O–H groups in total. The molecule has 0 unspecified atom stereocenters. The van der Waals surface area contributed by atoms with Gasteiger partial charge >= 0.3 is 12.1 Å². The van der Waals surface area contributed by atoms with E-state index in [0.717, 1.165) is 12.1 Å². The number of esters is 1. The van der Waals surface area contributed by atoms with Gasteiger partial charge in [-0.1, -0.05) is 0 Å². The second-order valence-electron chi connectivity index (χ2n) is 7.37. The van der Waals surface area contributed by atoms with Gasteiger partial charge in [0.1, 0.15) is 5.60 Å². The lowest BCUT2D eigenvalue weighted by atomic mass is 10.2. The zero-order valence-electron chi connectivity index (χ0n) is 16.9. The van der Waals surface area contributed by atoms with Crippen LogP contribution in [-0.4, -0.2) is 29.7 Å². The number of carbonyl (C=O) groups is 3. The molecule has 2 aromatic carbocycles. The molecule has 2 amide bonds. The number of nitrogens with one attached hydrogen (secondary N) is 2. The Balaban J connectivity index is 1.92. The number of anilines is 2. The van der Waals surface area contributed by atoms with Crippen molar-refractivity contribution in [3.05, 3.63) is 59.7 Å². The summed E-state index contributed by atoms with van der Waals surface area (Å²) in [6.07, 6.45) is -1.83. The summed E-state index contributed by atoms with van der Waals surface area (Å²) in [6, 6.07) is 8.65. The van der Waals surface area contributed by atoms with Gasteiger partial charge in [0.15, 0.2) is 17.7 Å². The molecule has 2 rings (SSSR count). The van der Waals surface area contributed by atoms with Crippen LogP contribution in [0.4, 0.5) is 25.0 Å². The van der Waals surface area contributed by atoms with Crippen molar-refractivity contribution < 1.29 is 32.6 Å². The van der Waals surface area contributed by atoms with Crippen LogP contribution in [0.5, 0.6) is 0 Å². The standard InChI is InChI=1S/C21H22F2N2O5/c1-12(18(26)24-15-9-10-16(22)17(23)11-15)29-19(27)13-5-7-14(8-6-13)25-20(28)30-21(2,3)4/h5-12H,1-4H3,(H,24,26)(H,25,28)/t12-/m1/s1. The molecule has 0 fully saturated rings. The van der Waals surface area contributed by atoms with Crippen LogP contribution in [-0.2, 0) is 14.3 Å². The smallest absolute Gasteiger partial charge is 0.412 e. The van der Waals surface area contributed by atoms with Crippen molar-refractivity contribution >= 4 is 29.3 Å². The first-order valence-corrected chi connectivity index (χ1v) is 9.01. The molecule has 160 valence electrons. The van der Waals surface area contributed by atoms with Crippen molar-refractivity contribution in [3.8, 4) is 0 Å². The SMILES string of the molecule is C[C@@H](OC(=O)c1ccc(NC(=O)OC(C)(C)C)cc1)C(=O)Nc1ccc(F)c(F)c1. The largest absolute Gasteiger partial charge is 0.449 e. The predicted octanol–water partition coefficient (Wildman–Crippen LogP) is 4.50. The van der Waals surface area contributed by atoms with Crippen LogP contribution >= 0.6 is 0 Å². The third-order valence-corrected chi connectivity index (χ3v) is 3.61. The van der Waals surface area contributed by atoms with E-state index in [2.05, 4.69) is 10.6 Å². The van der Waals surface area contributed by atoms with Gasteiger partial charge in [0.25, 0.3) is 5.91 Å². The average molecular weight is 420 g/mol. The topological polar surface area (TPSA) is 93.7 Å². The first kappa shape index (κ1) is 22.8. The second-order valence-corrected chi connectivity index (χ2v) is 7.37. The Kier molecular flexibility index (Phi) is 7.10. The van der Waals surface area contributed by atoms with Gasteiger partial charge in [-0.3, -0.25) is 10.1 Å². The van der Waals surface area contributed by atoms with Crippen molar-refractivity contribution in [2.45, 2.75) is 39.4 Å². The lowest BCUT2D eigenvalue weighted by Gasteiger charge is -2.19. The fraction of sp³-hybridized carbons (Fsp3) is 0.286. The number of hydrogen-bond donors (Lipinski definition) is 2. The van der Waals surface area contributed by atoms with E-state index in [1.54, 1.807) is 20.8 Å². The van der Waals surface area contributed by atoms with Crippen LogP contribution in [0.2, 0.25) is 0 Å². The van der Waals surface area contributed by atoms with Gasteiger partial charge in [0.05, 0.1) is 5.56 Å². The van der Waals surface area contributed by atoms with Crippen LogP contribution in [0.3, 0.4) is 0 Å². The van der Waals surface area contributed by atoms with Gasteiger partial charge in [-0.25, -0.2) is 18.4 Å². The Bertz CT molecular complexity index is 939. The molecule has 0 aliphatic rings. The summed E-state index contributed by atoms with van der Waals surface area (Å²) in [7, 11) is 0. The highest BCUT2D eigenvalue weighted by molar-refractivity contribution is 5.97. The molecule has 0 bridgehead atoms. The Labute approximate surface area is 172 Å². The van der Waals surface area contributed by atoms with Crippen molar-refractivity contribution in [2.75, 3.05) is 10.6 Å². The summed E-state index contributed by atoms with van der Waals surface area (Å²) in [4.78, 5) is 36.1. The number of benzene rings is 2. The highest BCUT2D eigenvalue weighted by Gasteiger charge is 2.20. The molecule has 7 nitrogen and oxygen atoms in total. The van der Waals surface area contributed by atoms with Crippen LogP contribution in [0.25, 0.3) is 0 Å². The molecular formula is C21H22F2N2O5. The van der Waals surface area contributed by atoms with Crippen LogP contribution in [0, 0.1) is 11.6 Å². The number of ether oxygens (including phenoxy) is 2. The normalized spacial score (nSPS) is 11.9. The van der Waals surface area contributed by atoms with Gasteiger partial charge in [-0.2, -0.15) is 0 Å². The molecule has 2 aromatic rings. The molecule has 0 radical (unpaired) electrons. The summed E-state index contributed by atoms with van der Waals surface area (Å²) < 4.78 is 36.4. The fourth-order valence-corrected chi connectivity index (χ4v) is 2.21. The quantitative estimate of drug-likeness (QED) is 0.695. The van der Waals surface area contributed by atoms with E-state index in [9.17, 15) is 23.2 Å². The number of halogens is 2. The number of amides is 2. The van der Waals surface area contributed by atoms with Crippen molar-refractivity contribution in [1.29, 1.82) is 0 Å². The maximum absolute atomic E-state index is 13.2. The molecule has 0 saturated carbocycles. The first-order valence-electron chi connectivity index (χ1n) is 9.01. The van der Waals surface area contributed by atoms with E-state index in [-0.39, 0.29) is 11.3 Å². The van der Waals surface area contributed by atoms with Crippen LogP contribution in [0.1, 0.15) is 38.1 Å². The van der Waals surface area contributed by atoms with Gasteiger partial charge in [0.2, 0.25) is 0 Å². The molecule has 9 heteroatoms. The molecule has 0 aliphatic heterocycles. The van der Waals surface area contributed by atoms with Crippen LogP contribution in [0.15, 0.2) is 42.5 Å². The molecule has 0 aliphatic carbocycles. The lowest BCUT2D eigenvalue weighted by molar-refractivity contribution is -0.123. The Morgan fingerprint density at radius 3 is 2.07 bits per heavy atom. The average Bonchev–Trinajstić information content (AvgIpc) is 2.63. The third-order valence-electron chi connectivity index (χ3n) is 3.61. The summed E-state index contributed by atoms with van der Waals surface area (Å²) >= 11 is 0. The summed E-state index contributed by atoms with van der Waals surface area (Å²) in [5, 5.41) is 4.86. The third kappa shape index (κ3) is 6.84.